The van der Waals surface area contributed by atoms with Crippen molar-refractivity contribution in [2.75, 3.05) is 14.2 Å². The molecule has 0 amide bonds. The van der Waals surface area contributed by atoms with Crippen molar-refractivity contribution in [1.82, 2.24) is 19.1 Å². The Hall–Kier alpha value is -4.58. The van der Waals surface area contributed by atoms with E-state index >= 15 is 0 Å². The molecule has 7 rings (SSSR count). The van der Waals surface area contributed by atoms with Gasteiger partial charge < -0.3 is 18.6 Å². The molecule has 0 fully saturated rings. The fourth-order valence-electron chi connectivity index (χ4n) is 5.89. The van der Waals surface area contributed by atoms with Crippen LogP contribution < -0.4 is 9.47 Å². The van der Waals surface area contributed by atoms with Crippen molar-refractivity contribution in [3.05, 3.63) is 83.9 Å². The predicted molar refractivity (Wildman–Crippen MR) is 157 cm³/mol. The van der Waals surface area contributed by atoms with E-state index in [-0.39, 0.29) is 0 Å². The largest absolute Gasteiger partial charge is 0.497 e. The Morgan fingerprint density at radius 1 is 0.590 bits per heavy atom. The molecule has 39 heavy (non-hydrogen) atoms. The standard InChI is InChI=1S/C33H30N4O2/c1-20-16-26(22-6-10-24(38-3)11-7-22)30-28(18-20)36-14-5-15-37-29-19-21(2)17-27(23-8-12-25(39-4)13-9-23)31(29)35-33(37)32(36)34-30/h6-13,16-19H,5,14-15H2,1-4H3. The first kappa shape index (κ1) is 23.5. The number of hydrogen-bond donors (Lipinski definition) is 0. The van der Waals surface area contributed by atoms with Crippen LogP contribution in [0.15, 0.2) is 72.8 Å². The SMILES string of the molecule is COc1ccc(-c2cc(C)cc3c2nc2n3CCCn3c-2nc2c(-c4ccc(OC)cc4)cc(C)cc23)cc1. The van der Waals surface area contributed by atoms with Gasteiger partial charge in [-0.3, -0.25) is 0 Å². The summed E-state index contributed by atoms with van der Waals surface area (Å²) in [6, 6.07) is 25.4. The Kier molecular flexibility index (Phi) is 5.44. The van der Waals surface area contributed by atoms with Gasteiger partial charge in [-0.2, -0.15) is 0 Å². The van der Waals surface area contributed by atoms with Crippen LogP contribution in [0.5, 0.6) is 11.5 Å². The second kappa shape index (κ2) is 9.02. The molecular weight excluding hydrogens is 484 g/mol. The molecule has 1 aliphatic rings. The van der Waals surface area contributed by atoms with Crippen LogP contribution >= 0.6 is 0 Å². The minimum absolute atomic E-state index is 0.847. The lowest BCUT2D eigenvalue weighted by Crippen LogP contribution is -1.99. The van der Waals surface area contributed by atoms with E-state index in [2.05, 4.69) is 71.5 Å². The lowest BCUT2D eigenvalue weighted by molar-refractivity contribution is 0.415. The number of imidazole rings is 2. The lowest BCUT2D eigenvalue weighted by Gasteiger charge is -2.09. The number of ether oxygens (including phenoxy) is 2. The van der Waals surface area contributed by atoms with Crippen molar-refractivity contribution < 1.29 is 9.47 Å². The average molecular weight is 515 g/mol. The fraction of sp³-hybridized carbons (Fsp3) is 0.212. The maximum atomic E-state index is 5.39. The van der Waals surface area contributed by atoms with Crippen molar-refractivity contribution >= 4 is 22.1 Å². The molecular formula is C33H30N4O2. The molecule has 6 nitrogen and oxygen atoms in total. The Labute approximate surface area is 227 Å². The number of methoxy groups -OCH3 is 2. The van der Waals surface area contributed by atoms with Crippen molar-refractivity contribution in [1.29, 1.82) is 0 Å². The van der Waals surface area contributed by atoms with E-state index in [4.69, 9.17) is 19.4 Å². The minimum atomic E-state index is 0.847. The Balaban J connectivity index is 1.46. The maximum Gasteiger partial charge on any atom is 0.177 e. The molecule has 0 radical (unpaired) electrons. The van der Waals surface area contributed by atoms with Gasteiger partial charge in [0.25, 0.3) is 0 Å². The Morgan fingerprint density at radius 2 is 1.00 bits per heavy atom. The monoisotopic (exact) mass is 514 g/mol. The third-order valence-corrected chi connectivity index (χ3v) is 7.76. The van der Waals surface area contributed by atoms with Gasteiger partial charge in [0, 0.05) is 24.2 Å². The Morgan fingerprint density at radius 3 is 1.38 bits per heavy atom. The zero-order valence-corrected chi connectivity index (χ0v) is 22.7. The van der Waals surface area contributed by atoms with E-state index in [1.165, 1.54) is 11.1 Å². The first-order chi connectivity index (χ1) is 19.0. The Bertz CT molecular complexity index is 1720. The van der Waals surface area contributed by atoms with E-state index in [1.807, 2.05) is 24.3 Å². The highest BCUT2D eigenvalue weighted by atomic mass is 16.5. The van der Waals surface area contributed by atoms with Crippen molar-refractivity contribution in [2.24, 2.45) is 0 Å². The van der Waals surface area contributed by atoms with Gasteiger partial charge in [0.2, 0.25) is 0 Å². The maximum absolute atomic E-state index is 5.39. The second-order valence-electron chi connectivity index (χ2n) is 10.3. The molecule has 6 aromatic rings. The van der Waals surface area contributed by atoms with E-state index in [1.54, 1.807) is 14.2 Å². The van der Waals surface area contributed by atoms with Gasteiger partial charge in [-0.25, -0.2) is 9.97 Å². The van der Waals surface area contributed by atoms with E-state index < -0.39 is 0 Å². The summed E-state index contributed by atoms with van der Waals surface area (Å²) in [7, 11) is 3.39. The summed E-state index contributed by atoms with van der Waals surface area (Å²) in [5, 5.41) is 0. The molecule has 0 saturated carbocycles. The fourth-order valence-corrected chi connectivity index (χ4v) is 5.89. The summed E-state index contributed by atoms with van der Waals surface area (Å²) < 4.78 is 15.5. The molecule has 0 atom stereocenters. The third kappa shape index (κ3) is 3.78. The minimum Gasteiger partial charge on any atom is -0.497 e. The molecule has 0 N–H and O–H groups in total. The zero-order valence-electron chi connectivity index (χ0n) is 22.7. The van der Waals surface area contributed by atoms with Crippen LogP contribution in [0, 0.1) is 13.8 Å². The molecule has 0 spiro atoms. The quantitative estimate of drug-likeness (QED) is 0.246. The van der Waals surface area contributed by atoms with Gasteiger partial charge in [0.05, 0.1) is 36.3 Å². The van der Waals surface area contributed by atoms with Crippen LogP contribution in [-0.4, -0.2) is 33.3 Å². The molecule has 194 valence electrons. The second-order valence-corrected chi connectivity index (χ2v) is 10.3. The molecule has 4 aromatic carbocycles. The van der Waals surface area contributed by atoms with Gasteiger partial charge in [-0.15, -0.1) is 0 Å². The first-order valence-corrected chi connectivity index (χ1v) is 13.3. The molecule has 0 aliphatic carbocycles. The number of rotatable bonds is 4. The summed E-state index contributed by atoms with van der Waals surface area (Å²) in [5.41, 5.74) is 11.3. The van der Waals surface area contributed by atoms with Gasteiger partial charge >= 0.3 is 0 Å². The highest BCUT2D eigenvalue weighted by molar-refractivity contribution is 5.97. The summed E-state index contributed by atoms with van der Waals surface area (Å²) in [6.45, 7) is 6.11. The molecule has 6 heteroatoms. The predicted octanol–water partition coefficient (Wildman–Crippen LogP) is 7.42. The van der Waals surface area contributed by atoms with Crippen LogP contribution in [0.4, 0.5) is 0 Å². The average Bonchev–Trinajstić information content (AvgIpc) is 3.44. The number of aryl methyl sites for hydroxylation is 4. The van der Waals surface area contributed by atoms with Crippen molar-refractivity contribution in [3.8, 4) is 45.4 Å². The van der Waals surface area contributed by atoms with Crippen molar-refractivity contribution in [2.45, 2.75) is 33.4 Å². The topological polar surface area (TPSA) is 54.1 Å². The van der Waals surface area contributed by atoms with Crippen LogP contribution in [0.25, 0.3) is 56.0 Å². The lowest BCUT2D eigenvalue weighted by atomic mass is 10.0. The van der Waals surface area contributed by atoms with Gasteiger partial charge in [-0.05, 0) is 91.1 Å². The van der Waals surface area contributed by atoms with Crippen LogP contribution in [0.1, 0.15) is 17.5 Å². The normalized spacial score (nSPS) is 12.8. The van der Waals surface area contributed by atoms with E-state index in [9.17, 15) is 0 Å². The molecule has 0 saturated heterocycles. The van der Waals surface area contributed by atoms with Gasteiger partial charge in [0.15, 0.2) is 11.6 Å². The van der Waals surface area contributed by atoms with Crippen LogP contribution in [0.3, 0.4) is 0 Å². The smallest absolute Gasteiger partial charge is 0.177 e. The summed E-state index contributed by atoms with van der Waals surface area (Å²) in [4.78, 5) is 10.6. The first-order valence-electron chi connectivity index (χ1n) is 13.3. The van der Waals surface area contributed by atoms with Crippen LogP contribution in [0.2, 0.25) is 0 Å². The van der Waals surface area contributed by atoms with Gasteiger partial charge in [0.1, 0.15) is 11.5 Å². The number of aromatic nitrogens is 4. The number of hydrogen-bond acceptors (Lipinski definition) is 4. The molecule has 0 unspecified atom stereocenters. The summed E-state index contributed by atoms with van der Waals surface area (Å²) >= 11 is 0. The molecule has 2 aromatic heterocycles. The summed E-state index contributed by atoms with van der Waals surface area (Å²) in [5.74, 6) is 3.55. The number of benzene rings is 4. The number of nitrogens with zero attached hydrogens (tertiary/aromatic N) is 4. The highest BCUT2D eigenvalue weighted by Gasteiger charge is 2.25. The van der Waals surface area contributed by atoms with Crippen LogP contribution in [-0.2, 0) is 13.1 Å². The molecule has 3 heterocycles. The third-order valence-electron chi connectivity index (χ3n) is 7.76. The van der Waals surface area contributed by atoms with E-state index in [0.29, 0.717) is 0 Å². The van der Waals surface area contributed by atoms with Gasteiger partial charge in [-0.1, -0.05) is 24.3 Å². The number of fused-ring (bicyclic) bond motifs is 7. The highest BCUT2D eigenvalue weighted by Crippen LogP contribution is 2.38. The zero-order chi connectivity index (χ0) is 26.7. The summed E-state index contributed by atoms with van der Waals surface area (Å²) in [6.07, 6.45) is 1.01. The van der Waals surface area contributed by atoms with Crippen molar-refractivity contribution in [3.63, 3.8) is 0 Å². The molecule has 0 bridgehead atoms. The van der Waals surface area contributed by atoms with E-state index in [0.717, 1.165) is 87.0 Å². The molecule has 1 aliphatic heterocycles.